The maximum Gasteiger partial charge on any atom is 0.335 e. The van der Waals surface area contributed by atoms with Crippen LogP contribution in [0.15, 0.2) is 82.8 Å². The van der Waals surface area contributed by atoms with E-state index in [1.54, 1.807) is 60.7 Å². The van der Waals surface area contributed by atoms with Crippen molar-refractivity contribution in [2.75, 3.05) is 4.90 Å². The van der Waals surface area contributed by atoms with Crippen LogP contribution >= 0.6 is 15.9 Å². The smallest absolute Gasteiger partial charge is 0.335 e. The molecule has 1 aliphatic rings. The van der Waals surface area contributed by atoms with E-state index in [1.807, 2.05) is 0 Å². The van der Waals surface area contributed by atoms with E-state index in [2.05, 4.69) is 21.2 Å². The number of rotatable bonds is 6. The van der Waals surface area contributed by atoms with E-state index in [0.717, 1.165) is 10.5 Å². The zero-order chi connectivity index (χ0) is 24.2. The highest BCUT2D eigenvalue weighted by Crippen LogP contribution is 2.25. The van der Waals surface area contributed by atoms with E-state index in [4.69, 9.17) is 4.74 Å². The lowest BCUT2D eigenvalue weighted by Gasteiger charge is -2.26. The first-order chi connectivity index (χ1) is 16.3. The van der Waals surface area contributed by atoms with Crippen LogP contribution in [0, 0.1) is 10.1 Å². The van der Waals surface area contributed by atoms with Gasteiger partial charge in [0.25, 0.3) is 17.5 Å². The molecule has 0 spiro atoms. The fourth-order valence-electron chi connectivity index (χ4n) is 3.21. The summed E-state index contributed by atoms with van der Waals surface area (Å²) in [5.74, 6) is -0.976. The van der Waals surface area contributed by atoms with Gasteiger partial charge in [-0.15, -0.1) is 0 Å². The third-order valence-corrected chi connectivity index (χ3v) is 5.41. The number of barbiturate groups is 1. The van der Waals surface area contributed by atoms with Crippen LogP contribution in [0.3, 0.4) is 0 Å². The van der Waals surface area contributed by atoms with Gasteiger partial charge in [0, 0.05) is 16.6 Å². The Morgan fingerprint density at radius 2 is 1.71 bits per heavy atom. The number of ether oxygens (including phenoxy) is 1. The average molecular weight is 522 g/mol. The van der Waals surface area contributed by atoms with Gasteiger partial charge in [0.1, 0.15) is 17.9 Å². The first-order valence-corrected chi connectivity index (χ1v) is 10.7. The van der Waals surface area contributed by atoms with Crippen molar-refractivity contribution in [3.8, 4) is 5.75 Å². The SMILES string of the molecule is O=C1NC(=O)N(c2cccc(Br)c2)C(=O)/C1=C/c1ccc(OCc2ccc([N+](=O)[O-])cc2)cc1. The van der Waals surface area contributed by atoms with Crippen molar-refractivity contribution in [1.82, 2.24) is 5.32 Å². The predicted molar refractivity (Wildman–Crippen MR) is 127 cm³/mol. The summed E-state index contributed by atoms with van der Waals surface area (Å²) in [6.45, 7) is 0.211. The average Bonchev–Trinajstić information content (AvgIpc) is 2.81. The summed E-state index contributed by atoms with van der Waals surface area (Å²) in [5, 5.41) is 12.9. The third kappa shape index (κ3) is 5.02. The highest BCUT2D eigenvalue weighted by molar-refractivity contribution is 9.10. The van der Waals surface area contributed by atoms with Gasteiger partial charge < -0.3 is 4.74 Å². The Morgan fingerprint density at radius 1 is 1.00 bits per heavy atom. The molecule has 0 unspecified atom stereocenters. The molecule has 9 nitrogen and oxygen atoms in total. The second-order valence-corrected chi connectivity index (χ2v) is 8.13. The molecule has 170 valence electrons. The number of amides is 4. The molecule has 4 amide bonds. The van der Waals surface area contributed by atoms with Crippen LogP contribution in [0.5, 0.6) is 5.75 Å². The number of anilines is 1. The minimum Gasteiger partial charge on any atom is -0.489 e. The zero-order valence-corrected chi connectivity index (χ0v) is 19.0. The van der Waals surface area contributed by atoms with Crippen molar-refractivity contribution in [3.63, 3.8) is 0 Å². The molecule has 0 atom stereocenters. The van der Waals surface area contributed by atoms with Crippen LogP contribution in [0.1, 0.15) is 11.1 Å². The van der Waals surface area contributed by atoms with Gasteiger partial charge in [-0.05, 0) is 59.7 Å². The van der Waals surface area contributed by atoms with Crippen molar-refractivity contribution in [3.05, 3.63) is 104 Å². The fraction of sp³-hybridized carbons (Fsp3) is 0.0417. The Labute approximate surface area is 201 Å². The second kappa shape index (κ2) is 9.67. The Balaban J connectivity index is 1.48. The molecule has 3 aromatic carbocycles. The Kier molecular flexibility index (Phi) is 6.51. The molecule has 1 aliphatic heterocycles. The topological polar surface area (TPSA) is 119 Å². The highest BCUT2D eigenvalue weighted by atomic mass is 79.9. The molecule has 1 saturated heterocycles. The summed E-state index contributed by atoms with van der Waals surface area (Å²) >= 11 is 3.30. The van der Waals surface area contributed by atoms with Gasteiger partial charge in [-0.3, -0.25) is 25.0 Å². The quantitative estimate of drug-likeness (QED) is 0.219. The number of carbonyl (C=O) groups excluding carboxylic acids is 3. The summed E-state index contributed by atoms with van der Waals surface area (Å²) in [7, 11) is 0. The summed E-state index contributed by atoms with van der Waals surface area (Å²) in [5.41, 5.74) is 1.47. The van der Waals surface area contributed by atoms with Crippen LogP contribution in [0.25, 0.3) is 6.08 Å². The zero-order valence-electron chi connectivity index (χ0n) is 17.4. The molecule has 1 fully saturated rings. The maximum atomic E-state index is 12.9. The number of nitro groups is 1. The van der Waals surface area contributed by atoms with Crippen LogP contribution in [0.4, 0.5) is 16.2 Å². The molecule has 1 heterocycles. The molecular formula is C24H16BrN3O6. The van der Waals surface area contributed by atoms with Gasteiger partial charge in [0.05, 0.1) is 10.6 Å². The Morgan fingerprint density at radius 3 is 2.35 bits per heavy atom. The minimum atomic E-state index is -0.819. The van der Waals surface area contributed by atoms with Gasteiger partial charge in [-0.25, -0.2) is 9.69 Å². The van der Waals surface area contributed by atoms with Crippen LogP contribution in [-0.4, -0.2) is 22.8 Å². The summed E-state index contributed by atoms with van der Waals surface area (Å²) < 4.78 is 6.36. The Bertz CT molecular complexity index is 1320. The number of benzene rings is 3. The number of nitrogens with zero attached hydrogens (tertiary/aromatic N) is 2. The predicted octanol–water partition coefficient (Wildman–Crippen LogP) is 4.60. The van der Waals surface area contributed by atoms with Gasteiger partial charge in [-0.1, -0.05) is 34.1 Å². The number of nitro benzene ring substituents is 1. The van der Waals surface area contributed by atoms with Gasteiger partial charge >= 0.3 is 6.03 Å². The fourth-order valence-corrected chi connectivity index (χ4v) is 3.60. The van der Waals surface area contributed by atoms with E-state index in [-0.39, 0.29) is 17.9 Å². The molecule has 10 heteroatoms. The molecule has 0 saturated carbocycles. The maximum absolute atomic E-state index is 12.9. The summed E-state index contributed by atoms with van der Waals surface area (Å²) in [6, 6.07) is 18.5. The van der Waals surface area contributed by atoms with Crippen molar-refractivity contribution in [2.24, 2.45) is 0 Å². The summed E-state index contributed by atoms with van der Waals surface area (Å²) in [6.07, 6.45) is 1.40. The first-order valence-electron chi connectivity index (χ1n) is 9.95. The number of hydrogen-bond donors (Lipinski definition) is 1. The molecule has 0 radical (unpaired) electrons. The minimum absolute atomic E-state index is 0.00241. The monoisotopic (exact) mass is 521 g/mol. The van der Waals surface area contributed by atoms with Crippen molar-refractivity contribution >= 4 is 51.2 Å². The second-order valence-electron chi connectivity index (χ2n) is 7.22. The van der Waals surface area contributed by atoms with Crippen LogP contribution in [-0.2, 0) is 16.2 Å². The molecule has 0 aromatic heterocycles. The molecular weight excluding hydrogens is 506 g/mol. The molecule has 0 aliphatic carbocycles. The standard InChI is InChI=1S/C24H16BrN3O6/c25-17-2-1-3-19(13-17)27-23(30)21(22(29)26-24(27)31)12-15-6-10-20(11-7-15)34-14-16-4-8-18(9-5-16)28(32)33/h1-13H,14H2,(H,26,29,31)/b21-12+. The number of non-ortho nitro benzene ring substituents is 1. The lowest BCUT2D eigenvalue weighted by Crippen LogP contribution is -2.54. The molecule has 3 aromatic rings. The Hall–Kier alpha value is -4.31. The molecule has 1 N–H and O–H groups in total. The largest absolute Gasteiger partial charge is 0.489 e. The molecule has 4 rings (SSSR count). The highest BCUT2D eigenvalue weighted by Gasteiger charge is 2.36. The van der Waals surface area contributed by atoms with Crippen molar-refractivity contribution in [1.29, 1.82) is 0 Å². The van der Waals surface area contributed by atoms with Gasteiger partial charge in [-0.2, -0.15) is 0 Å². The number of hydrogen-bond acceptors (Lipinski definition) is 6. The van der Waals surface area contributed by atoms with Gasteiger partial charge in [0.2, 0.25) is 0 Å². The van der Waals surface area contributed by atoms with E-state index in [0.29, 0.717) is 21.5 Å². The lowest BCUT2D eigenvalue weighted by atomic mass is 10.1. The number of halogens is 1. The summed E-state index contributed by atoms with van der Waals surface area (Å²) in [4.78, 5) is 48.7. The van der Waals surface area contributed by atoms with Crippen LogP contribution < -0.4 is 15.0 Å². The van der Waals surface area contributed by atoms with E-state index in [1.165, 1.54) is 18.2 Å². The normalized spacial score (nSPS) is 14.8. The number of nitrogens with one attached hydrogen (secondary N) is 1. The van der Waals surface area contributed by atoms with E-state index in [9.17, 15) is 24.5 Å². The number of urea groups is 1. The third-order valence-electron chi connectivity index (χ3n) is 4.91. The number of carbonyl (C=O) groups is 3. The van der Waals surface area contributed by atoms with Gasteiger partial charge in [0.15, 0.2) is 0 Å². The van der Waals surface area contributed by atoms with Crippen molar-refractivity contribution in [2.45, 2.75) is 6.61 Å². The first kappa shape index (κ1) is 22.9. The lowest BCUT2D eigenvalue weighted by molar-refractivity contribution is -0.384. The number of imide groups is 2. The van der Waals surface area contributed by atoms with E-state index >= 15 is 0 Å². The van der Waals surface area contributed by atoms with Crippen LogP contribution in [0.2, 0.25) is 0 Å². The molecule has 34 heavy (non-hydrogen) atoms. The van der Waals surface area contributed by atoms with Crippen molar-refractivity contribution < 1.29 is 24.0 Å². The van der Waals surface area contributed by atoms with E-state index < -0.39 is 22.8 Å². The molecule has 0 bridgehead atoms.